The van der Waals surface area contributed by atoms with E-state index in [2.05, 4.69) is 16.9 Å². The summed E-state index contributed by atoms with van der Waals surface area (Å²) in [7, 11) is 1.90. The molecule has 0 saturated heterocycles. The van der Waals surface area contributed by atoms with Gasteiger partial charge in [-0.1, -0.05) is 31.4 Å². The highest BCUT2D eigenvalue weighted by Crippen LogP contribution is 2.30. The van der Waals surface area contributed by atoms with Gasteiger partial charge in [-0.15, -0.1) is 0 Å². The first kappa shape index (κ1) is 15.8. The van der Waals surface area contributed by atoms with Crippen LogP contribution in [0, 0.1) is 12.8 Å². The molecule has 4 nitrogen and oxygen atoms in total. The van der Waals surface area contributed by atoms with Crippen molar-refractivity contribution in [2.75, 3.05) is 13.1 Å². The lowest BCUT2D eigenvalue weighted by atomic mass is 9.83. The first-order valence-corrected chi connectivity index (χ1v) is 8.08. The number of hydrogen-bond donors (Lipinski definition) is 1. The maximum atomic E-state index is 6.37. The van der Waals surface area contributed by atoms with Gasteiger partial charge in [0, 0.05) is 25.2 Å². The summed E-state index contributed by atoms with van der Waals surface area (Å²) >= 11 is 6.37. The monoisotopic (exact) mass is 298 g/mol. The molecule has 1 aliphatic carbocycles. The summed E-state index contributed by atoms with van der Waals surface area (Å²) in [6.07, 6.45) is 5.16. The van der Waals surface area contributed by atoms with Gasteiger partial charge in [-0.2, -0.15) is 5.10 Å². The Bertz CT molecular complexity index is 443. The summed E-state index contributed by atoms with van der Waals surface area (Å²) in [5.41, 5.74) is 8.18. The van der Waals surface area contributed by atoms with Gasteiger partial charge in [-0.25, -0.2) is 0 Å². The van der Waals surface area contributed by atoms with Gasteiger partial charge in [-0.3, -0.25) is 9.58 Å². The van der Waals surface area contributed by atoms with E-state index in [1.165, 1.54) is 25.7 Å². The van der Waals surface area contributed by atoms with Crippen LogP contribution in [0.1, 0.15) is 43.9 Å². The van der Waals surface area contributed by atoms with E-state index in [4.69, 9.17) is 17.3 Å². The number of nitrogens with two attached hydrogens (primary N) is 1. The van der Waals surface area contributed by atoms with E-state index in [-0.39, 0.29) is 0 Å². The predicted molar refractivity (Wildman–Crippen MR) is 83.8 cm³/mol. The lowest BCUT2D eigenvalue weighted by molar-refractivity contribution is 0.105. The molecular weight excluding hydrogens is 272 g/mol. The van der Waals surface area contributed by atoms with Crippen LogP contribution < -0.4 is 5.73 Å². The minimum absolute atomic E-state index is 0.592. The number of halogens is 1. The minimum Gasteiger partial charge on any atom is -0.330 e. The van der Waals surface area contributed by atoms with Gasteiger partial charge in [0.2, 0.25) is 0 Å². The molecule has 0 amide bonds. The average molecular weight is 299 g/mol. The zero-order valence-corrected chi connectivity index (χ0v) is 13.7. The van der Waals surface area contributed by atoms with Crippen molar-refractivity contribution in [3.8, 4) is 0 Å². The molecule has 1 aromatic rings. The fourth-order valence-electron chi connectivity index (χ4n) is 3.46. The predicted octanol–water partition coefficient (Wildman–Crippen LogP) is 2.72. The second-order valence-electron chi connectivity index (χ2n) is 5.89. The lowest BCUT2D eigenvalue weighted by Crippen LogP contribution is -2.44. The van der Waals surface area contributed by atoms with Gasteiger partial charge < -0.3 is 5.73 Å². The fourth-order valence-corrected chi connectivity index (χ4v) is 3.70. The third-order valence-electron chi connectivity index (χ3n) is 4.68. The van der Waals surface area contributed by atoms with Crippen LogP contribution in [0.3, 0.4) is 0 Å². The molecule has 0 aromatic carbocycles. The zero-order valence-electron chi connectivity index (χ0n) is 12.9. The quantitative estimate of drug-likeness (QED) is 0.909. The molecule has 0 bridgehead atoms. The highest BCUT2D eigenvalue weighted by atomic mass is 35.5. The number of aromatic nitrogens is 2. The van der Waals surface area contributed by atoms with Crippen LogP contribution in [0.2, 0.25) is 5.15 Å². The number of aryl methyl sites for hydroxylation is 2. The molecule has 0 aliphatic heterocycles. The van der Waals surface area contributed by atoms with E-state index in [0.29, 0.717) is 12.0 Å². The number of rotatable bonds is 5. The van der Waals surface area contributed by atoms with Crippen LogP contribution >= 0.6 is 11.6 Å². The summed E-state index contributed by atoms with van der Waals surface area (Å²) in [4.78, 5) is 2.53. The van der Waals surface area contributed by atoms with Crippen molar-refractivity contribution in [2.24, 2.45) is 18.7 Å². The molecule has 2 atom stereocenters. The smallest absolute Gasteiger partial charge is 0.131 e. The van der Waals surface area contributed by atoms with Gasteiger partial charge in [0.25, 0.3) is 0 Å². The van der Waals surface area contributed by atoms with Gasteiger partial charge >= 0.3 is 0 Å². The normalized spacial score (nSPS) is 23.5. The third-order valence-corrected chi connectivity index (χ3v) is 5.15. The molecule has 1 fully saturated rings. The van der Waals surface area contributed by atoms with E-state index in [1.54, 1.807) is 4.68 Å². The first-order valence-electron chi connectivity index (χ1n) is 7.70. The standard InChI is InChI=1S/C15H27ClN4/c1-4-20(14-8-6-5-7-12(14)9-17)10-13-11(2)18-19(3)15(13)16/h12,14H,4-10,17H2,1-3H3. The Labute approximate surface area is 127 Å². The Morgan fingerprint density at radius 2 is 2.10 bits per heavy atom. The molecule has 1 aromatic heterocycles. The Hall–Kier alpha value is -0.580. The summed E-state index contributed by atoms with van der Waals surface area (Å²) in [6, 6.07) is 0.592. The minimum atomic E-state index is 0.592. The molecule has 20 heavy (non-hydrogen) atoms. The van der Waals surface area contributed by atoms with Crippen molar-refractivity contribution in [2.45, 2.75) is 52.1 Å². The van der Waals surface area contributed by atoms with E-state index < -0.39 is 0 Å². The maximum Gasteiger partial charge on any atom is 0.131 e. The van der Waals surface area contributed by atoms with Gasteiger partial charge in [0.1, 0.15) is 5.15 Å². The van der Waals surface area contributed by atoms with Crippen molar-refractivity contribution < 1.29 is 0 Å². The topological polar surface area (TPSA) is 47.1 Å². The number of hydrogen-bond acceptors (Lipinski definition) is 3. The summed E-state index contributed by atoms with van der Waals surface area (Å²) in [6.45, 7) is 6.97. The SMILES string of the molecule is CCN(Cc1c(C)nn(C)c1Cl)C1CCCCC1CN. The van der Waals surface area contributed by atoms with Crippen LogP contribution in [0.4, 0.5) is 0 Å². The highest BCUT2D eigenvalue weighted by Gasteiger charge is 2.29. The molecule has 1 heterocycles. The molecular formula is C15H27ClN4. The second kappa shape index (κ2) is 6.92. The Kier molecular flexibility index (Phi) is 5.47. The maximum absolute atomic E-state index is 6.37. The lowest BCUT2D eigenvalue weighted by Gasteiger charge is -2.39. The number of nitrogens with zero attached hydrogens (tertiary/aromatic N) is 3. The molecule has 0 radical (unpaired) electrons. The van der Waals surface area contributed by atoms with Gasteiger partial charge in [0.15, 0.2) is 0 Å². The van der Waals surface area contributed by atoms with Crippen LogP contribution in [-0.4, -0.2) is 33.8 Å². The van der Waals surface area contributed by atoms with Crippen LogP contribution in [0.25, 0.3) is 0 Å². The van der Waals surface area contributed by atoms with Crippen molar-refractivity contribution in [3.05, 3.63) is 16.4 Å². The Morgan fingerprint density at radius 1 is 1.40 bits per heavy atom. The van der Waals surface area contributed by atoms with Crippen molar-refractivity contribution in [1.29, 1.82) is 0 Å². The Morgan fingerprint density at radius 3 is 2.65 bits per heavy atom. The van der Waals surface area contributed by atoms with E-state index >= 15 is 0 Å². The fraction of sp³-hybridized carbons (Fsp3) is 0.800. The van der Waals surface area contributed by atoms with Crippen LogP contribution in [-0.2, 0) is 13.6 Å². The van der Waals surface area contributed by atoms with E-state index in [9.17, 15) is 0 Å². The molecule has 0 spiro atoms. The van der Waals surface area contributed by atoms with Crippen molar-refractivity contribution in [1.82, 2.24) is 14.7 Å². The largest absolute Gasteiger partial charge is 0.330 e. The zero-order chi connectivity index (χ0) is 14.7. The second-order valence-corrected chi connectivity index (χ2v) is 6.25. The van der Waals surface area contributed by atoms with Crippen molar-refractivity contribution >= 4 is 11.6 Å². The van der Waals surface area contributed by atoms with E-state index in [1.807, 2.05) is 14.0 Å². The van der Waals surface area contributed by atoms with Crippen molar-refractivity contribution in [3.63, 3.8) is 0 Å². The first-order chi connectivity index (χ1) is 9.58. The molecule has 2 N–H and O–H groups in total. The molecule has 1 aliphatic rings. The average Bonchev–Trinajstić information content (AvgIpc) is 2.70. The summed E-state index contributed by atoms with van der Waals surface area (Å²) in [5.74, 6) is 0.624. The highest BCUT2D eigenvalue weighted by molar-refractivity contribution is 6.30. The van der Waals surface area contributed by atoms with Gasteiger partial charge in [0.05, 0.1) is 5.69 Å². The van der Waals surface area contributed by atoms with Crippen LogP contribution in [0.5, 0.6) is 0 Å². The molecule has 1 saturated carbocycles. The summed E-state index contributed by atoms with van der Waals surface area (Å²) < 4.78 is 1.77. The third kappa shape index (κ3) is 3.18. The Balaban J connectivity index is 2.15. The molecule has 114 valence electrons. The van der Waals surface area contributed by atoms with Crippen LogP contribution in [0.15, 0.2) is 0 Å². The van der Waals surface area contributed by atoms with E-state index in [0.717, 1.165) is 36.0 Å². The molecule has 2 rings (SSSR count). The van der Waals surface area contributed by atoms with Gasteiger partial charge in [-0.05, 0) is 38.8 Å². The molecule has 2 unspecified atom stereocenters. The molecule has 5 heteroatoms. The summed E-state index contributed by atoms with van der Waals surface area (Å²) in [5, 5.41) is 5.18.